The van der Waals surface area contributed by atoms with Gasteiger partial charge in [-0.2, -0.15) is 0 Å². The summed E-state index contributed by atoms with van der Waals surface area (Å²) in [5, 5.41) is 0. The second-order valence-corrected chi connectivity index (χ2v) is 6.49. The summed E-state index contributed by atoms with van der Waals surface area (Å²) in [4.78, 5) is 12.1. The molecule has 154 valence electrons. The molecule has 0 rings (SSSR count). The van der Waals surface area contributed by atoms with Crippen molar-refractivity contribution in [1.82, 2.24) is 0 Å². The number of esters is 1. The lowest BCUT2D eigenvalue weighted by molar-refractivity contribution is -0.410. The lowest BCUT2D eigenvalue weighted by atomic mass is 10.0. The van der Waals surface area contributed by atoms with Crippen LogP contribution in [0.4, 0.5) is 0 Å². The molecule has 0 amide bonds. The van der Waals surface area contributed by atoms with Crippen LogP contribution in [-0.4, -0.2) is 37.9 Å². The molecular weight excluding hydrogens is 332 g/mol. The Labute approximate surface area is 160 Å². The fraction of sp³-hybridized carbons (Fsp3) is 0.857. The number of rotatable bonds is 17. The Balaban J connectivity index is 4.96. The largest absolute Gasteiger partial charge is 0.450 e. The molecule has 5 heteroatoms. The first kappa shape index (κ1) is 25.1. The van der Waals surface area contributed by atoms with Crippen LogP contribution < -0.4 is 0 Å². The summed E-state index contributed by atoms with van der Waals surface area (Å²) in [7, 11) is 0. The zero-order valence-electron chi connectivity index (χ0n) is 17.6. The Morgan fingerprint density at radius 1 is 0.846 bits per heavy atom. The van der Waals surface area contributed by atoms with Gasteiger partial charge in [0, 0.05) is 25.4 Å². The van der Waals surface area contributed by atoms with Gasteiger partial charge in [-0.1, -0.05) is 52.0 Å². The first-order valence-electron chi connectivity index (χ1n) is 10.3. The molecule has 0 bridgehead atoms. The van der Waals surface area contributed by atoms with Crippen LogP contribution in [0, 0.1) is 0 Å². The summed E-state index contributed by atoms with van der Waals surface area (Å²) in [6.45, 7) is 14.3. The Kier molecular flexibility index (Phi) is 14.6. The molecule has 0 aromatic carbocycles. The molecule has 26 heavy (non-hydrogen) atoms. The van der Waals surface area contributed by atoms with Crippen molar-refractivity contribution in [2.75, 3.05) is 19.8 Å². The summed E-state index contributed by atoms with van der Waals surface area (Å²) in [6.07, 6.45) is 8.28. The topological polar surface area (TPSA) is 54.0 Å². The van der Waals surface area contributed by atoms with Gasteiger partial charge in [0.05, 0.1) is 0 Å². The van der Waals surface area contributed by atoms with Gasteiger partial charge in [0.2, 0.25) is 0 Å². The lowest BCUT2D eigenvalue weighted by Gasteiger charge is -2.38. The molecule has 0 aromatic heterocycles. The highest BCUT2D eigenvalue weighted by Crippen LogP contribution is 2.28. The summed E-state index contributed by atoms with van der Waals surface area (Å²) >= 11 is 0. The summed E-state index contributed by atoms with van der Waals surface area (Å²) < 4.78 is 23.1. The Morgan fingerprint density at radius 3 is 1.73 bits per heavy atom. The highest BCUT2D eigenvalue weighted by atomic mass is 16.9. The van der Waals surface area contributed by atoms with E-state index in [1.54, 1.807) is 6.92 Å². The van der Waals surface area contributed by atoms with Crippen molar-refractivity contribution in [3.63, 3.8) is 0 Å². The van der Waals surface area contributed by atoms with Crippen molar-refractivity contribution >= 4 is 5.97 Å². The van der Waals surface area contributed by atoms with Crippen molar-refractivity contribution in [1.29, 1.82) is 0 Å². The van der Waals surface area contributed by atoms with Gasteiger partial charge in [-0.25, -0.2) is 4.79 Å². The van der Waals surface area contributed by atoms with Crippen LogP contribution in [0.25, 0.3) is 0 Å². The maximum Gasteiger partial charge on any atom is 0.333 e. The predicted octanol–water partition coefficient (Wildman–Crippen LogP) is 5.38. The maximum atomic E-state index is 12.1. The average molecular weight is 373 g/mol. The van der Waals surface area contributed by atoms with E-state index in [4.69, 9.17) is 18.9 Å². The number of carbonyl (C=O) groups excluding carboxylic acids is 1. The number of carbonyl (C=O) groups is 1. The molecule has 0 aliphatic rings. The minimum absolute atomic E-state index is 0.355. The average Bonchev–Trinajstić information content (AvgIpc) is 2.60. The third kappa shape index (κ3) is 9.70. The molecule has 0 heterocycles. The second kappa shape index (κ2) is 15.2. The molecular formula is C21H40O5. The Morgan fingerprint density at radius 2 is 1.31 bits per heavy atom. The normalized spacial score (nSPS) is 12.8. The van der Waals surface area contributed by atoms with Gasteiger partial charge in [-0.3, -0.25) is 0 Å². The van der Waals surface area contributed by atoms with E-state index in [0.717, 1.165) is 12.8 Å². The van der Waals surface area contributed by atoms with Crippen molar-refractivity contribution in [3.8, 4) is 0 Å². The molecule has 0 saturated heterocycles. The fourth-order valence-corrected chi connectivity index (χ4v) is 2.83. The van der Waals surface area contributed by atoms with Gasteiger partial charge in [0.25, 0.3) is 0 Å². The van der Waals surface area contributed by atoms with E-state index in [-0.39, 0.29) is 0 Å². The van der Waals surface area contributed by atoms with Crippen molar-refractivity contribution < 1.29 is 23.7 Å². The molecule has 0 aromatic rings. The quantitative estimate of drug-likeness (QED) is 0.148. The van der Waals surface area contributed by atoms with Crippen LogP contribution in [0.5, 0.6) is 0 Å². The molecule has 0 aliphatic carbocycles. The standard InChI is InChI=1S/C21H40O5/c1-7-11-12-13-14-15-16-17-19(26-20(22)18(5)6)21(23-8-2,24-9-3)25-10-4/h19H,5,7-17H2,1-4,6H3. The molecule has 1 unspecified atom stereocenters. The minimum Gasteiger partial charge on any atom is -0.450 e. The van der Waals surface area contributed by atoms with Crippen molar-refractivity contribution in [2.24, 2.45) is 0 Å². The van der Waals surface area contributed by atoms with Crippen LogP contribution in [0.1, 0.15) is 86.0 Å². The molecule has 0 spiro atoms. The van der Waals surface area contributed by atoms with Crippen LogP contribution in [0.3, 0.4) is 0 Å². The van der Waals surface area contributed by atoms with Gasteiger partial charge >= 0.3 is 11.9 Å². The van der Waals surface area contributed by atoms with Gasteiger partial charge < -0.3 is 18.9 Å². The summed E-state index contributed by atoms with van der Waals surface area (Å²) in [5.74, 6) is -1.80. The smallest absolute Gasteiger partial charge is 0.333 e. The first-order valence-corrected chi connectivity index (χ1v) is 10.3. The SMILES string of the molecule is C=C(C)C(=O)OC(CCCCCCCCC)C(OCC)(OCC)OCC. The Hall–Kier alpha value is -0.910. The van der Waals surface area contributed by atoms with E-state index in [0.29, 0.717) is 31.8 Å². The molecule has 0 N–H and O–H groups in total. The summed E-state index contributed by atoms with van der Waals surface area (Å²) in [5.41, 5.74) is 0.355. The second-order valence-electron chi connectivity index (χ2n) is 6.49. The van der Waals surface area contributed by atoms with Crippen LogP contribution in [0.15, 0.2) is 12.2 Å². The maximum absolute atomic E-state index is 12.1. The van der Waals surface area contributed by atoms with Gasteiger partial charge in [-0.15, -0.1) is 0 Å². The van der Waals surface area contributed by atoms with E-state index in [2.05, 4.69) is 13.5 Å². The third-order valence-electron chi connectivity index (χ3n) is 4.10. The van der Waals surface area contributed by atoms with E-state index in [1.807, 2.05) is 20.8 Å². The molecule has 1 atom stereocenters. The van der Waals surface area contributed by atoms with E-state index < -0.39 is 18.0 Å². The number of ether oxygens (including phenoxy) is 4. The highest BCUT2D eigenvalue weighted by Gasteiger charge is 2.45. The molecule has 0 radical (unpaired) electrons. The van der Waals surface area contributed by atoms with E-state index in [1.165, 1.54) is 32.1 Å². The zero-order valence-corrected chi connectivity index (χ0v) is 17.6. The molecule has 5 nitrogen and oxygen atoms in total. The number of unbranched alkanes of at least 4 members (excludes halogenated alkanes) is 6. The van der Waals surface area contributed by atoms with Crippen LogP contribution in [-0.2, 0) is 23.7 Å². The van der Waals surface area contributed by atoms with Crippen LogP contribution in [0.2, 0.25) is 0 Å². The zero-order chi connectivity index (χ0) is 19.8. The lowest BCUT2D eigenvalue weighted by Crippen LogP contribution is -2.52. The molecule has 0 saturated carbocycles. The third-order valence-corrected chi connectivity index (χ3v) is 4.10. The fourth-order valence-electron chi connectivity index (χ4n) is 2.83. The summed E-state index contributed by atoms with van der Waals surface area (Å²) in [6, 6.07) is 0. The van der Waals surface area contributed by atoms with Crippen molar-refractivity contribution in [3.05, 3.63) is 12.2 Å². The monoisotopic (exact) mass is 372 g/mol. The van der Waals surface area contributed by atoms with E-state index in [9.17, 15) is 4.79 Å². The number of hydrogen-bond acceptors (Lipinski definition) is 5. The molecule has 0 aliphatic heterocycles. The minimum atomic E-state index is -1.36. The van der Waals surface area contributed by atoms with Gasteiger partial charge in [0.1, 0.15) is 0 Å². The van der Waals surface area contributed by atoms with Crippen molar-refractivity contribution in [2.45, 2.75) is 98.1 Å². The Bertz CT molecular complexity index is 364. The first-order chi connectivity index (χ1) is 12.5. The predicted molar refractivity (Wildman–Crippen MR) is 105 cm³/mol. The molecule has 0 fully saturated rings. The van der Waals surface area contributed by atoms with E-state index >= 15 is 0 Å². The van der Waals surface area contributed by atoms with Gasteiger partial charge in [-0.05, 0) is 40.5 Å². The van der Waals surface area contributed by atoms with Gasteiger partial charge in [0.15, 0.2) is 6.10 Å². The highest BCUT2D eigenvalue weighted by molar-refractivity contribution is 5.87. The number of hydrogen-bond donors (Lipinski definition) is 0. The van der Waals surface area contributed by atoms with Crippen LogP contribution >= 0.6 is 0 Å².